The Bertz CT molecular complexity index is 920. The van der Waals surface area contributed by atoms with Crippen LogP contribution in [-0.4, -0.2) is 24.4 Å². The molecule has 0 unspecified atom stereocenters. The van der Waals surface area contributed by atoms with Crippen LogP contribution in [0.3, 0.4) is 0 Å². The van der Waals surface area contributed by atoms with Gasteiger partial charge in [-0.1, -0.05) is 54.6 Å². The lowest BCUT2D eigenvalue weighted by molar-refractivity contribution is -0.138. The van der Waals surface area contributed by atoms with Crippen molar-refractivity contribution in [3.63, 3.8) is 0 Å². The summed E-state index contributed by atoms with van der Waals surface area (Å²) in [6.07, 6.45) is 1.63. The van der Waals surface area contributed by atoms with E-state index in [4.69, 9.17) is 4.74 Å². The summed E-state index contributed by atoms with van der Waals surface area (Å²) in [5, 5.41) is 0. The molecule has 5 nitrogen and oxygen atoms in total. The summed E-state index contributed by atoms with van der Waals surface area (Å²) >= 11 is 0. The molecule has 2 aromatic carbocycles. The minimum atomic E-state index is -0.651. The van der Waals surface area contributed by atoms with Gasteiger partial charge in [-0.2, -0.15) is 0 Å². The lowest BCUT2D eigenvalue weighted by atomic mass is 9.82. The van der Waals surface area contributed by atoms with Gasteiger partial charge in [-0.05, 0) is 24.6 Å². The Labute approximate surface area is 157 Å². The van der Waals surface area contributed by atoms with Crippen molar-refractivity contribution in [2.24, 2.45) is 11.8 Å². The Kier molecular flexibility index (Phi) is 4.36. The summed E-state index contributed by atoms with van der Waals surface area (Å²) in [6.45, 7) is 1.98. The maximum Gasteiger partial charge on any atom is 0.334 e. The molecule has 1 aliphatic carbocycles. The van der Waals surface area contributed by atoms with Gasteiger partial charge in [0.25, 0.3) is 0 Å². The molecule has 27 heavy (non-hydrogen) atoms. The molecule has 1 aliphatic heterocycles. The number of carbonyl (C=O) groups excluding carboxylic acids is 3. The van der Waals surface area contributed by atoms with Crippen molar-refractivity contribution in [3.8, 4) is 0 Å². The van der Waals surface area contributed by atoms with E-state index in [1.807, 2.05) is 36.4 Å². The van der Waals surface area contributed by atoms with Crippen LogP contribution in [0.15, 0.2) is 72.3 Å². The molecule has 0 saturated carbocycles. The van der Waals surface area contributed by atoms with Gasteiger partial charge in [0.15, 0.2) is 0 Å². The summed E-state index contributed by atoms with van der Waals surface area (Å²) in [6, 6.07) is 18.3. The highest BCUT2D eigenvalue weighted by atomic mass is 16.5. The Morgan fingerprint density at radius 2 is 1.59 bits per heavy atom. The molecular weight excluding hydrogens is 342 g/mol. The van der Waals surface area contributed by atoms with E-state index >= 15 is 0 Å². The summed E-state index contributed by atoms with van der Waals surface area (Å²) in [7, 11) is 0. The van der Waals surface area contributed by atoms with E-state index in [0.29, 0.717) is 11.3 Å². The molecule has 5 heteroatoms. The second-order valence-electron chi connectivity index (χ2n) is 6.63. The first-order chi connectivity index (χ1) is 13.1. The number of imide groups is 1. The number of carbonyl (C=O) groups is 3. The van der Waals surface area contributed by atoms with Gasteiger partial charge in [-0.3, -0.25) is 9.59 Å². The van der Waals surface area contributed by atoms with Crippen molar-refractivity contribution in [2.75, 3.05) is 11.5 Å². The predicted molar refractivity (Wildman–Crippen MR) is 99.8 cm³/mol. The van der Waals surface area contributed by atoms with Gasteiger partial charge >= 0.3 is 5.97 Å². The summed E-state index contributed by atoms with van der Waals surface area (Å²) in [4.78, 5) is 40.0. The summed E-state index contributed by atoms with van der Waals surface area (Å²) in [5.41, 5.74) is 1.78. The predicted octanol–water partition coefficient (Wildman–Crippen LogP) is 3.08. The largest absolute Gasteiger partial charge is 0.463 e. The number of amides is 2. The summed E-state index contributed by atoms with van der Waals surface area (Å²) in [5.74, 6) is -2.80. The first kappa shape index (κ1) is 17.2. The van der Waals surface area contributed by atoms with Crippen LogP contribution in [0.1, 0.15) is 18.4 Å². The van der Waals surface area contributed by atoms with Crippen LogP contribution in [0.4, 0.5) is 5.69 Å². The number of anilines is 1. The van der Waals surface area contributed by atoms with Crippen LogP contribution in [0.25, 0.3) is 0 Å². The molecule has 0 N–H and O–H groups in total. The Morgan fingerprint density at radius 1 is 0.963 bits per heavy atom. The minimum absolute atomic E-state index is 0.241. The third-order valence-corrected chi connectivity index (χ3v) is 5.14. The molecule has 2 aliphatic rings. The maximum atomic E-state index is 13.2. The fraction of sp³-hybridized carbons (Fsp3) is 0.227. The Hall–Kier alpha value is -3.21. The molecule has 2 amide bonds. The van der Waals surface area contributed by atoms with Gasteiger partial charge < -0.3 is 4.74 Å². The first-order valence-electron chi connectivity index (χ1n) is 9.00. The number of hydrogen-bond donors (Lipinski definition) is 0. The molecule has 0 radical (unpaired) electrons. The lowest BCUT2D eigenvalue weighted by Crippen LogP contribution is -2.33. The van der Waals surface area contributed by atoms with Crippen molar-refractivity contribution in [3.05, 3.63) is 77.9 Å². The van der Waals surface area contributed by atoms with E-state index in [9.17, 15) is 14.4 Å². The van der Waals surface area contributed by atoms with Crippen molar-refractivity contribution >= 4 is 23.5 Å². The molecular formula is C22H19NO4. The highest BCUT2D eigenvalue weighted by molar-refractivity contribution is 6.24. The zero-order valence-electron chi connectivity index (χ0n) is 14.9. The fourth-order valence-corrected chi connectivity index (χ4v) is 4.02. The minimum Gasteiger partial charge on any atom is -0.463 e. The average molecular weight is 361 g/mol. The van der Waals surface area contributed by atoms with E-state index in [-0.39, 0.29) is 18.4 Å². The monoisotopic (exact) mass is 361 g/mol. The molecule has 1 fully saturated rings. The number of nitrogens with zero attached hydrogens (tertiary/aromatic N) is 1. The van der Waals surface area contributed by atoms with E-state index in [1.54, 1.807) is 37.3 Å². The van der Waals surface area contributed by atoms with Crippen LogP contribution < -0.4 is 4.90 Å². The fourth-order valence-electron chi connectivity index (χ4n) is 4.02. The smallest absolute Gasteiger partial charge is 0.334 e. The normalized spacial score (nSPS) is 24.0. The second-order valence-corrected chi connectivity index (χ2v) is 6.63. The van der Waals surface area contributed by atoms with Crippen molar-refractivity contribution in [1.29, 1.82) is 0 Å². The van der Waals surface area contributed by atoms with E-state index in [2.05, 4.69) is 0 Å². The van der Waals surface area contributed by atoms with Gasteiger partial charge in [0.05, 0.1) is 24.1 Å². The number of hydrogen-bond acceptors (Lipinski definition) is 4. The SMILES string of the molecule is CCOC(=O)C1=C[C@H]2C(=O)N(c3ccccc3)C(=O)[C@H]2[C@@H]1c1ccccc1. The van der Waals surface area contributed by atoms with Gasteiger partial charge in [-0.15, -0.1) is 0 Å². The molecule has 0 aromatic heterocycles. The van der Waals surface area contributed by atoms with E-state index in [0.717, 1.165) is 5.56 Å². The highest BCUT2D eigenvalue weighted by Crippen LogP contribution is 2.49. The Balaban J connectivity index is 1.78. The maximum absolute atomic E-state index is 13.2. The van der Waals surface area contributed by atoms with Crippen LogP contribution >= 0.6 is 0 Å². The molecule has 0 bridgehead atoms. The quantitative estimate of drug-likeness (QED) is 0.620. The first-order valence-corrected chi connectivity index (χ1v) is 9.00. The van der Waals surface area contributed by atoms with Crippen molar-refractivity contribution in [1.82, 2.24) is 0 Å². The topological polar surface area (TPSA) is 63.7 Å². The molecule has 0 spiro atoms. The van der Waals surface area contributed by atoms with Gasteiger partial charge in [0.1, 0.15) is 0 Å². The standard InChI is InChI=1S/C22H19NO4/c1-2-27-22(26)17-13-16-19(18(17)14-9-5-3-6-10-14)21(25)23(20(16)24)15-11-7-4-8-12-15/h3-13,16,18-19H,2H2,1H3/t16-,18-,19-/m1/s1. The second kappa shape index (κ2) is 6.83. The van der Waals surface area contributed by atoms with Gasteiger partial charge in [0, 0.05) is 11.5 Å². The highest BCUT2D eigenvalue weighted by Gasteiger charge is 2.56. The number of rotatable bonds is 4. The Morgan fingerprint density at radius 3 is 2.22 bits per heavy atom. The zero-order valence-corrected chi connectivity index (χ0v) is 14.9. The number of fused-ring (bicyclic) bond motifs is 1. The zero-order chi connectivity index (χ0) is 19.0. The van der Waals surface area contributed by atoms with E-state index in [1.165, 1.54) is 4.90 Å². The number of ether oxygens (including phenoxy) is 1. The van der Waals surface area contributed by atoms with E-state index < -0.39 is 23.7 Å². The number of esters is 1. The average Bonchev–Trinajstić information content (AvgIpc) is 3.20. The van der Waals surface area contributed by atoms with Crippen LogP contribution in [0.5, 0.6) is 0 Å². The van der Waals surface area contributed by atoms with Gasteiger partial charge in [-0.25, -0.2) is 9.69 Å². The van der Waals surface area contributed by atoms with Gasteiger partial charge in [0.2, 0.25) is 11.8 Å². The lowest BCUT2D eigenvalue weighted by Gasteiger charge is -2.22. The van der Waals surface area contributed by atoms with Crippen LogP contribution in [0.2, 0.25) is 0 Å². The van der Waals surface area contributed by atoms with Crippen molar-refractivity contribution < 1.29 is 19.1 Å². The van der Waals surface area contributed by atoms with Crippen LogP contribution in [0, 0.1) is 11.8 Å². The molecule has 1 saturated heterocycles. The number of para-hydroxylation sites is 1. The molecule has 1 heterocycles. The summed E-state index contributed by atoms with van der Waals surface area (Å²) < 4.78 is 5.18. The third-order valence-electron chi connectivity index (χ3n) is 5.14. The van der Waals surface area contributed by atoms with Crippen LogP contribution in [-0.2, 0) is 19.1 Å². The molecule has 2 aromatic rings. The van der Waals surface area contributed by atoms with Crippen molar-refractivity contribution in [2.45, 2.75) is 12.8 Å². The molecule has 4 rings (SSSR count). The third kappa shape index (κ3) is 2.76. The number of benzene rings is 2. The molecule has 3 atom stereocenters. The molecule has 136 valence electrons.